The third-order valence-electron chi connectivity index (χ3n) is 5.81. The van der Waals surface area contributed by atoms with E-state index in [1.54, 1.807) is 30.7 Å². The molecule has 4 heterocycles. The van der Waals surface area contributed by atoms with Crippen LogP contribution in [-0.2, 0) is 4.79 Å². The van der Waals surface area contributed by atoms with Gasteiger partial charge in [0.15, 0.2) is 0 Å². The monoisotopic (exact) mass is 471 g/mol. The lowest BCUT2D eigenvalue weighted by molar-refractivity contribution is -0.129. The van der Waals surface area contributed by atoms with Gasteiger partial charge in [-0.2, -0.15) is 0 Å². The molecule has 0 atom stereocenters. The second-order valence-electron chi connectivity index (χ2n) is 8.11. The Labute approximate surface area is 202 Å². The van der Waals surface area contributed by atoms with Gasteiger partial charge < -0.3 is 15.1 Å². The molecular formula is C25H25N7OS. The van der Waals surface area contributed by atoms with E-state index in [0.29, 0.717) is 5.95 Å². The summed E-state index contributed by atoms with van der Waals surface area (Å²) in [5, 5.41) is 4.23. The number of aromatic nitrogens is 4. The predicted octanol–water partition coefficient (Wildman–Crippen LogP) is 4.38. The van der Waals surface area contributed by atoms with Crippen molar-refractivity contribution in [1.29, 1.82) is 0 Å². The summed E-state index contributed by atoms with van der Waals surface area (Å²) in [5.74, 6) is 0.680. The van der Waals surface area contributed by atoms with Gasteiger partial charge in [0, 0.05) is 68.6 Å². The van der Waals surface area contributed by atoms with Gasteiger partial charge in [0.25, 0.3) is 0 Å². The van der Waals surface area contributed by atoms with Gasteiger partial charge in [-0.05, 0) is 49.4 Å². The molecule has 0 aliphatic carbocycles. The van der Waals surface area contributed by atoms with Crippen LogP contribution in [0.5, 0.6) is 0 Å². The minimum Gasteiger partial charge on any atom is -0.368 e. The summed E-state index contributed by atoms with van der Waals surface area (Å²) in [6.07, 6.45) is 5.34. The highest BCUT2D eigenvalue weighted by Gasteiger charge is 2.19. The van der Waals surface area contributed by atoms with Crippen LogP contribution in [0.1, 0.15) is 12.6 Å². The number of thiazole rings is 1. The summed E-state index contributed by atoms with van der Waals surface area (Å²) in [6, 6.07) is 14.1. The zero-order chi connectivity index (χ0) is 23.5. The second kappa shape index (κ2) is 9.56. The minimum atomic E-state index is 0.142. The van der Waals surface area contributed by atoms with E-state index in [2.05, 4.69) is 32.3 Å². The summed E-state index contributed by atoms with van der Waals surface area (Å²) in [4.78, 5) is 34.8. The third kappa shape index (κ3) is 4.74. The number of hydrogen-bond acceptors (Lipinski definition) is 8. The van der Waals surface area contributed by atoms with E-state index in [-0.39, 0.29) is 5.91 Å². The van der Waals surface area contributed by atoms with E-state index in [4.69, 9.17) is 9.97 Å². The standard InChI is InChI=1S/C25H25N7OS/c1-17-23(34-24(28-17)19-4-3-10-26-16-19)22-9-11-27-25(30-22)29-20-5-7-21(8-6-20)32-14-12-31(13-15-32)18(2)33/h3-11,16H,12-15H2,1-2H3,(H,27,29,30). The van der Waals surface area contributed by atoms with Crippen molar-refractivity contribution in [3.63, 3.8) is 0 Å². The molecule has 5 rings (SSSR count). The lowest BCUT2D eigenvalue weighted by Crippen LogP contribution is -2.48. The molecule has 8 nitrogen and oxygen atoms in total. The van der Waals surface area contributed by atoms with Crippen LogP contribution in [0.25, 0.3) is 21.1 Å². The molecule has 1 aromatic carbocycles. The number of aryl methyl sites for hydroxylation is 1. The van der Waals surface area contributed by atoms with Crippen molar-refractivity contribution in [2.45, 2.75) is 13.8 Å². The molecule has 3 aromatic heterocycles. The molecule has 0 radical (unpaired) electrons. The first-order valence-corrected chi connectivity index (χ1v) is 12.0. The molecule has 34 heavy (non-hydrogen) atoms. The number of carbonyl (C=O) groups excluding carboxylic acids is 1. The van der Waals surface area contributed by atoms with Crippen LogP contribution in [0.15, 0.2) is 61.1 Å². The molecule has 1 saturated heterocycles. The number of pyridine rings is 1. The Bertz CT molecular complexity index is 1280. The largest absolute Gasteiger partial charge is 0.368 e. The molecular weight excluding hydrogens is 446 g/mol. The zero-order valence-corrected chi connectivity index (χ0v) is 19.9. The van der Waals surface area contributed by atoms with Gasteiger partial charge in [0.1, 0.15) is 5.01 Å². The van der Waals surface area contributed by atoms with Gasteiger partial charge in [-0.3, -0.25) is 9.78 Å². The normalized spacial score (nSPS) is 13.7. The van der Waals surface area contributed by atoms with Crippen LogP contribution >= 0.6 is 11.3 Å². The quantitative estimate of drug-likeness (QED) is 0.462. The number of hydrogen-bond donors (Lipinski definition) is 1. The minimum absolute atomic E-state index is 0.142. The number of nitrogens with zero attached hydrogens (tertiary/aromatic N) is 6. The van der Waals surface area contributed by atoms with Crippen LogP contribution in [0.4, 0.5) is 17.3 Å². The molecule has 0 spiro atoms. The number of nitrogens with one attached hydrogen (secondary N) is 1. The van der Waals surface area contributed by atoms with Crippen LogP contribution in [-0.4, -0.2) is 56.9 Å². The van der Waals surface area contributed by atoms with E-state index >= 15 is 0 Å². The molecule has 172 valence electrons. The fourth-order valence-electron chi connectivity index (χ4n) is 3.96. The molecule has 1 amide bonds. The SMILES string of the molecule is CC(=O)N1CCN(c2ccc(Nc3nccc(-c4sc(-c5cccnc5)nc4C)n3)cc2)CC1. The second-order valence-corrected chi connectivity index (χ2v) is 9.10. The smallest absolute Gasteiger partial charge is 0.227 e. The zero-order valence-electron chi connectivity index (χ0n) is 19.1. The van der Waals surface area contributed by atoms with Crippen molar-refractivity contribution in [2.75, 3.05) is 36.4 Å². The van der Waals surface area contributed by atoms with E-state index in [1.165, 1.54) is 0 Å². The van der Waals surface area contributed by atoms with Crippen molar-refractivity contribution in [2.24, 2.45) is 0 Å². The van der Waals surface area contributed by atoms with Crippen LogP contribution in [0.2, 0.25) is 0 Å². The molecule has 1 fully saturated rings. The Morgan fingerprint density at radius 2 is 1.79 bits per heavy atom. The average Bonchev–Trinajstić information content (AvgIpc) is 3.27. The maximum atomic E-state index is 11.5. The molecule has 0 saturated carbocycles. The van der Waals surface area contributed by atoms with Crippen molar-refractivity contribution in [3.8, 4) is 21.1 Å². The fourth-order valence-corrected chi connectivity index (χ4v) is 4.98. The Morgan fingerprint density at radius 3 is 2.50 bits per heavy atom. The molecule has 0 unspecified atom stereocenters. The molecule has 1 N–H and O–H groups in total. The first-order chi connectivity index (χ1) is 16.6. The summed E-state index contributed by atoms with van der Waals surface area (Å²) < 4.78 is 0. The van der Waals surface area contributed by atoms with Crippen molar-refractivity contribution < 1.29 is 4.79 Å². The summed E-state index contributed by atoms with van der Waals surface area (Å²) in [6.45, 7) is 6.82. The topological polar surface area (TPSA) is 87.1 Å². The maximum absolute atomic E-state index is 11.5. The van der Waals surface area contributed by atoms with Crippen LogP contribution in [0, 0.1) is 6.92 Å². The Kier molecular flexibility index (Phi) is 6.18. The first-order valence-electron chi connectivity index (χ1n) is 11.2. The highest BCUT2D eigenvalue weighted by Crippen LogP contribution is 2.34. The van der Waals surface area contributed by atoms with E-state index in [9.17, 15) is 4.79 Å². The lowest BCUT2D eigenvalue weighted by atomic mass is 10.2. The number of anilines is 3. The molecule has 1 aliphatic rings. The van der Waals surface area contributed by atoms with Gasteiger partial charge >= 0.3 is 0 Å². The Morgan fingerprint density at radius 1 is 1.00 bits per heavy atom. The van der Waals surface area contributed by atoms with E-state index < -0.39 is 0 Å². The van der Waals surface area contributed by atoms with Gasteiger partial charge in [-0.25, -0.2) is 15.0 Å². The van der Waals surface area contributed by atoms with Gasteiger partial charge in [0.05, 0.1) is 16.3 Å². The summed E-state index contributed by atoms with van der Waals surface area (Å²) in [5.41, 5.74) is 4.83. The number of carbonyl (C=O) groups is 1. The van der Waals surface area contributed by atoms with Gasteiger partial charge in [-0.15, -0.1) is 11.3 Å². The van der Waals surface area contributed by atoms with Crippen molar-refractivity contribution in [3.05, 3.63) is 66.7 Å². The predicted molar refractivity (Wildman–Crippen MR) is 135 cm³/mol. The van der Waals surface area contributed by atoms with Gasteiger partial charge in [0.2, 0.25) is 11.9 Å². The lowest BCUT2D eigenvalue weighted by Gasteiger charge is -2.35. The van der Waals surface area contributed by atoms with Crippen LogP contribution in [0.3, 0.4) is 0 Å². The van der Waals surface area contributed by atoms with E-state index in [0.717, 1.165) is 64.4 Å². The number of piperazine rings is 1. The molecule has 9 heteroatoms. The number of rotatable bonds is 5. The fraction of sp³-hybridized carbons (Fsp3) is 0.240. The summed E-state index contributed by atoms with van der Waals surface area (Å²) >= 11 is 1.60. The van der Waals surface area contributed by atoms with Gasteiger partial charge in [-0.1, -0.05) is 0 Å². The number of benzene rings is 1. The highest BCUT2D eigenvalue weighted by molar-refractivity contribution is 7.18. The highest BCUT2D eigenvalue weighted by atomic mass is 32.1. The molecule has 4 aromatic rings. The van der Waals surface area contributed by atoms with Crippen molar-refractivity contribution >= 4 is 34.6 Å². The first kappa shape index (κ1) is 22.0. The number of amides is 1. The molecule has 0 bridgehead atoms. The maximum Gasteiger partial charge on any atom is 0.227 e. The Hall–Kier alpha value is -3.85. The van der Waals surface area contributed by atoms with Crippen LogP contribution < -0.4 is 10.2 Å². The summed E-state index contributed by atoms with van der Waals surface area (Å²) in [7, 11) is 0. The molecule has 1 aliphatic heterocycles. The average molecular weight is 472 g/mol. The van der Waals surface area contributed by atoms with Crippen molar-refractivity contribution in [1.82, 2.24) is 24.8 Å². The Balaban J connectivity index is 1.29. The third-order valence-corrected chi connectivity index (χ3v) is 7.04. The van der Waals surface area contributed by atoms with E-state index in [1.807, 2.05) is 48.4 Å².